The number of nitrogens with two attached hydrogens (primary N) is 1. The quantitative estimate of drug-likeness (QED) is 0.572. The van der Waals surface area contributed by atoms with Crippen LogP contribution in [-0.4, -0.2) is 17.1 Å². The first-order chi connectivity index (χ1) is 11.1. The van der Waals surface area contributed by atoms with Gasteiger partial charge in [-0.2, -0.15) is 5.10 Å². The van der Waals surface area contributed by atoms with E-state index >= 15 is 0 Å². The number of carbonyl (C=O) groups excluding carboxylic acids is 1. The van der Waals surface area contributed by atoms with E-state index in [0.717, 1.165) is 26.9 Å². The molecule has 2 aromatic carbocycles. The van der Waals surface area contributed by atoms with E-state index in [2.05, 4.69) is 15.5 Å². The lowest BCUT2D eigenvalue weighted by Gasteiger charge is -2.01. The number of thiazole rings is 1. The van der Waals surface area contributed by atoms with Gasteiger partial charge in [-0.15, -0.1) is 0 Å². The van der Waals surface area contributed by atoms with E-state index in [4.69, 9.17) is 5.73 Å². The van der Waals surface area contributed by atoms with Crippen molar-refractivity contribution in [2.75, 3.05) is 5.73 Å². The highest BCUT2D eigenvalue weighted by Crippen LogP contribution is 2.24. The zero-order chi connectivity index (χ0) is 16.2. The van der Waals surface area contributed by atoms with Gasteiger partial charge in [0.05, 0.1) is 22.9 Å². The molecule has 0 bridgehead atoms. The zero-order valence-corrected chi connectivity index (χ0v) is 13.4. The van der Waals surface area contributed by atoms with E-state index in [1.165, 1.54) is 11.3 Å². The van der Waals surface area contributed by atoms with E-state index in [9.17, 15) is 4.79 Å². The van der Waals surface area contributed by atoms with Crippen LogP contribution in [0.1, 0.15) is 16.7 Å². The van der Waals surface area contributed by atoms with Crippen LogP contribution in [0.2, 0.25) is 0 Å². The maximum Gasteiger partial charge on any atom is 0.244 e. The summed E-state index contributed by atoms with van der Waals surface area (Å²) in [6.45, 7) is 2.01. The fraction of sp³-hybridized carbons (Fsp3) is 0.118. The van der Waals surface area contributed by atoms with Crippen molar-refractivity contribution in [3.8, 4) is 0 Å². The maximum absolute atomic E-state index is 11.9. The number of aryl methyl sites for hydroxylation is 1. The predicted octanol–water partition coefficient (Wildman–Crippen LogP) is 2.88. The van der Waals surface area contributed by atoms with Gasteiger partial charge in [0, 0.05) is 0 Å². The normalized spacial score (nSPS) is 11.2. The fourth-order valence-electron chi connectivity index (χ4n) is 2.25. The van der Waals surface area contributed by atoms with E-state index in [0.29, 0.717) is 5.13 Å². The van der Waals surface area contributed by atoms with Crippen LogP contribution >= 0.6 is 11.3 Å². The first-order valence-electron chi connectivity index (χ1n) is 7.14. The van der Waals surface area contributed by atoms with Gasteiger partial charge >= 0.3 is 0 Å². The van der Waals surface area contributed by atoms with Gasteiger partial charge in [-0.05, 0) is 30.2 Å². The van der Waals surface area contributed by atoms with Gasteiger partial charge in [0.15, 0.2) is 5.13 Å². The summed E-state index contributed by atoms with van der Waals surface area (Å²) in [7, 11) is 0. The summed E-state index contributed by atoms with van der Waals surface area (Å²) in [5.74, 6) is -0.161. The minimum atomic E-state index is -0.161. The summed E-state index contributed by atoms with van der Waals surface area (Å²) in [4.78, 5) is 16.1. The van der Waals surface area contributed by atoms with Crippen molar-refractivity contribution >= 4 is 38.8 Å². The summed E-state index contributed by atoms with van der Waals surface area (Å²) in [5, 5.41) is 4.52. The van der Waals surface area contributed by atoms with E-state index < -0.39 is 0 Å². The molecule has 0 radical (unpaired) electrons. The highest BCUT2D eigenvalue weighted by molar-refractivity contribution is 7.22. The number of hydrogen-bond donors (Lipinski definition) is 2. The van der Waals surface area contributed by atoms with Crippen molar-refractivity contribution in [2.24, 2.45) is 5.10 Å². The predicted molar refractivity (Wildman–Crippen MR) is 94.7 cm³/mol. The van der Waals surface area contributed by atoms with Crippen LogP contribution in [-0.2, 0) is 11.2 Å². The Morgan fingerprint density at radius 3 is 3.04 bits per heavy atom. The van der Waals surface area contributed by atoms with Crippen LogP contribution in [0.4, 0.5) is 5.13 Å². The Balaban J connectivity index is 1.61. The Hall–Kier alpha value is -2.73. The lowest BCUT2D eigenvalue weighted by atomic mass is 10.1. The van der Waals surface area contributed by atoms with Crippen molar-refractivity contribution < 1.29 is 4.79 Å². The molecule has 3 rings (SSSR count). The molecule has 0 aliphatic rings. The maximum atomic E-state index is 11.9. The monoisotopic (exact) mass is 324 g/mol. The molecule has 3 N–H and O–H groups in total. The molecule has 3 aromatic rings. The molecule has 0 unspecified atom stereocenters. The molecule has 6 heteroatoms. The highest BCUT2D eigenvalue weighted by atomic mass is 32.1. The third-order valence-electron chi connectivity index (χ3n) is 3.28. The second-order valence-electron chi connectivity index (χ2n) is 5.24. The Morgan fingerprint density at radius 2 is 2.22 bits per heavy atom. The first-order valence-corrected chi connectivity index (χ1v) is 7.95. The van der Waals surface area contributed by atoms with Crippen molar-refractivity contribution in [3.63, 3.8) is 0 Å². The number of hydrogen-bond acceptors (Lipinski definition) is 5. The molecule has 0 saturated carbocycles. The van der Waals surface area contributed by atoms with Crippen molar-refractivity contribution in [1.29, 1.82) is 0 Å². The molecule has 116 valence electrons. The number of fused-ring (bicyclic) bond motifs is 1. The minimum absolute atomic E-state index is 0.161. The number of benzene rings is 2. The van der Waals surface area contributed by atoms with Crippen LogP contribution in [0.15, 0.2) is 47.6 Å². The summed E-state index contributed by atoms with van der Waals surface area (Å²) in [6.07, 6.45) is 1.90. The fourth-order valence-corrected chi connectivity index (χ4v) is 3.05. The number of nitrogens with zero attached hydrogens (tertiary/aromatic N) is 2. The molecular formula is C17H16N4OS. The first kappa shape index (κ1) is 15.2. The summed E-state index contributed by atoms with van der Waals surface area (Å²) in [6, 6.07) is 13.6. The number of amides is 1. The number of carbonyl (C=O) groups is 1. The lowest BCUT2D eigenvalue weighted by Crippen LogP contribution is -2.19. The molecule has 0 aliphatic heterocycles. The smallest absolute Gasteiger partial charge is 0.244 e. The zero-order valence-electron chi connectivity index (χ0n) is 12.6. The van der Waals surface area contributed by atoms with Gasteiger partial charge in [-0.25, -0.2) is 10.4 Å². The van der Waals surface area contributed by atoms with Crippen LogP contribution < -0.4 is 11.2 Å². The van der Waals surface area contributed by atoms with Crippen LogP contribution in [0.3, 0.4) is 0 Å². The Bertz CT molecular complexity index is 885. The van der Waals surface area contributed by atoms with Gasteiger partial charge in [-0.1, -0.05) is 47.2 Å². The second kappa shape index (κ2) is 6.58. The van der Waals surface area contributed by atoms with Gasteiger partial charge in [0.1, 0.15) is 0 Å². The van der Waals surface area contributed by atoms with Gasteiger partial charge in [0.25, 0.3) is 0 Å². The molecule has 0 spiro atoms. The summed E-state index contributed by atoms with van der Waals surface area (Å²) < 4.78 is 0.982. The molecule has 0 aliphatic carbocycles. The Labute approximate surface area is 137 Å². The Kier molecular flexibility index (Phi) is 4.34. The molecule has 1 aromatic heterocycles. The van der Waals surface area contributed by atoms with Crippen molar-refractivity contribution in [1.82, 2.24) is 10.4 Å². The van der Waals surface area contributed by atoms with E-state index in [1.807, 2.05) is 49.4 Å². The largest absolute Gasteiger partial charge is 0.375 e. The van der Waals surface area contributed by atoms with Crippen LogP contribution in [0.5, 0.6) is 0 Å². The summed E-state index contributed by atoms with van der Waals surface area (Å²) in [5.41, 5.74) is 12.1. The van der Waals surface area contributed by atoms with Crippen molar-refractivity contribution in [2.45, 2.75) is 13.3 Å². The molecule has 0 saturated heterocycles. The SMILES string of the molecule is Cc1cccc(/C=N\NC(=O)Cc2ccc3nc(N)sc3c2)c1. The number of rotatable bonds is 4. The molecular weight excluding hydrogens is 308 g/mol. The average Bonchev–Trinajstić information content (AvgIpc) is 2.86. The topological polar surface area (TPSA) is 80.4 Å². The van der Waals surface area contributed by atoms with Gasteiger partial charge in [0.2, 0.25) is 5.91 Å². The minimum Gasteiger partial charge on any atom is -0.375 e. The number of nitrogen functional groups attached to an aromatic ring is 1. The summed E-state index contributed by atoms with van der Waals surface area (Å²) >= 11 is 1.42. The molecule has 0 fully saturated rings. The molecule has 23 heavy (non-hydrogen) atoms. The number of hydrazone groups is 1. The molecule has 5 nitrogen and oxygen atoms in total. The Morgan fingerprint density at radius 1 is 1.35 bits per heavy atom. The van der Waals surface area contributed by atoms with Gasteiger partial charge in [-0.3, -0.25) is 4.79 Å². The molecule has 0 atom stereocenters. The van der Waals surface area contributed by atoms with Crippen LogP contribution in [0, 0.1) is 6.92 Å². The van der Waals surface area contributed by atoms with E-state index in [1.54, 1.807) is 6.21 Å². The average molecular weight is 324 g/mol. The third-order valence-corrected chi connectivity index (χ3v) is 4.13. The third kappa shape index (κ3) is 3.92. The highest BCUT2D eigenvalue weighted by Gasteiger charge is 2.06. The number of anilines is 1. The molecule has 1 heterocycles. The standard InChI is InChI=1S/C17H16N4OS/c1-11-3-2-4-13(7-11)10-19-21-16(22)9-12-5-6-14-15(8-12)23-17(18)20-14/h2-8,10H,9H2,1H3,(H2,18,20)(H,21,22)/b19-10-. The van der Waals surface area contributed by atoms with Crippen LogP contribution in [0.25, 0.3) is 10.2 Å². The van der Waals surface area contributed by atoms with Gasteiger partial charge < -0.3 is 5.73 Å². The lowest BCUT2D eigenvalue weighted by molar-refractivity contribution is -0.120. The number of nitrogens with one attached hydrogen (secondary N) is 1. The second-order valence-corrected chi connectivity index (χ2v) is 6.30. The van der Waals surface area contributed by atoms with E-state index in [-0.39, 0.29) is 12.3 Å². The number of aromatic nitrogens is 1. The molecule has 1 amide bonds. The van der Waals surface area contributed by atoms with Crippen molar-refractivity contribution in [3.05, 3.63) is 59.2 Å².